The van der Waals surface area contributed by atoms with Crippen molar-refractivity contribution in [2.75, 3.05) is 5.75 Å². The Morgan fingerprint density at radius 1 is 1.31 bits per heavy atom. The van der Waals surface area contributed by atoms with E-state index in [0.717, 1.165) is 10.3 Å². The third-order valence-electron chi connectivity index (χ3n) is 2.35. The van der Waals surface area contributed by atoms with Crippen LogP contribution in [0.15, 0.2) is 14.7 Å². The summed E-state index contributed by atoms with van der Waals surface area (Å²) in [6.45, 7) is 2.00. The first-order valence-corrected chi connectivity index (χ1v) is 5.83. The van der Waals surface area contributed by atoms with Crippen molar-refractivity contribution in [1.82, 2.24) is 19.1 Å². The quantitative estimate of drug-likeness (QED) is 0.754. The number of nitrogens with one attached hydrogen (secondary N) is 1. The van der Waals surface area contributed by atoms with Crippen LogP contribution in [0.5, 0.6) is 0 Å². The second-order valence-electron chi connectivity index (χ2n) is 3.38. The number of fused-ring (bicyclic) bond motifs is 1. The maximum Gasteiger partial charge on any atom is 0.332 e. The summed E-state index contributed by atoms with van der Waals surface area (Å²) in [5.74, 6) is 0.855. The number of nitrogens with zero attached hydrogens (tertiary/aromatic N) is 3. The molecule has 2 heterocycles. The van der Waals surface area contributed by atoms with Crippen LogP contribution < -0.4 is 11.2 Å². The molecular weight excluding hydrogens is 228 g/mol. The monoisotopic (exact) mass is 240 g/mol. The predicted molar refractivity (Wildman–Crippen MR) is 63.0 cm³/mol. The molecule has 0 aliphatic carbocycles. The van der Waals surface area contributed by atoms with E-state index in [1.54, 1.807) is 7.05 Å². The van der Waals surface area contributed by atoms with Gasteiger partial charge in [0.2, 0.25) is 0 Å². The van der Waals surface area contributed by atoms with Crippen molar-refractivity contribution in [3.05, 3.63) is 20.8 Å². The summed E-state index contributed by atoms with van der Waals surface area (Å²) < 4.78 is 2.44. The first-order valence-electron chi connectivity index (χ1n) is 4.84. The Morgan fingerprint density at radius 2 is 2.00 bits per heavy atom. The van der Waals surface area contributed by atoms with Crippen molar-refractivity contribution in [2.24, 2.45) is 14.1 Å². The van der Waals surface area contributed by atoms with Crippen LogP contribution in [0.3, 0.4) is 0 Å². The van der Waals surface area contributed by atoms with Gasteiger partial charge in [-0.3, -0.25) is 13.9 Å². The summed E-state index contributed by atoms with van der Waals surface area (Å²) >= 11 is 1.50. The molecule has 0 bridgehead atoms. The molecule has 0 unspecified atom stereocenters. The number of imidazole rings is 1. The van der Waals surface area contributed by atoms with Crippen molar-refractivity contribution in [3.63, 3.8) is 0 Å². The van der Waals surface area contributed by atoms with Crippen molar-refractivity contribution in [3.8, 4) is 0 Å². The molecule has 0 saturated heterocycles. The van der Waals surface area contributed by atoms with Gasteiger partial charge in [0, 0.05) is 14.1 Å². The number of rotatable bonds is 2. The Labute approximate surface area is 95.3 Å². The maximum absolute atomic E-state index is 11.8. The second kappa shape index (κ2) is 3.82. The van der Waals surface area contributed by atoms with Gasteiger partial charge in [-0.05, 0) is 5.75 Å². The van der Waals surface area contributed by atoms with Crippen LogP contribution in [0.25, 0.3) is 11.2 Å². The molecule has 0 atom stereocenters. The van der Waals surface area contributed by atoms with Crippen LogP contribution in [0, 0.1) is 0 Å². The van der Waals surface area contributed by atoms with Gasteiger partial charge in [0.15, 0.2) is 16.3 Å². The molecule has 86 valence electrons. The molecule has 2 rings (SSSR count). The third-order valence-corrected chi connectivity index (χ3v) is 3.11. The van der Waals surface area contributed by atoms with Gasteiger partial charge < -0.3 is 4.98 Å². The smallest absolute Gasteiger partial charge is 0.327 e. The predicted octanol–water partition coefficient (Wildman–Crippen LogP) is 0.0723. The van der Waals surface area contributed by atoms with Crippen molar-refractivity contribution in [1.29, 1.82) is 0 Å². The fourth-order valence-corrected chi connectivity index (χ4v) is 2.11. The molecule has 0 aromatic carbocycles. The minimum atomic E-state index is -0.364. The fraction of sp³-hybridized carbons (Fsp3) is 0.444. The van der Waals surface area contributed by atoms with Crippen molar-refractivity contribution < 1.29 is 0 Å². The highest BCUT2D eigenvalue weighted by Crippen LogP contribution is 2.15. The number of thioether (sulfide) groups is 1. The summed E-state index contributed by atoms with van der Waals surface area (Å²) in [7, 11) is 3.06. The lowest BCUT2D eigenvalue weighted by Crippen LogP contribution is -2.36. The molecule has 0 fully saturated rings. The Kier molecular flexibility index (Phi) is 2.63. The topological polar surface area (TPSA) is 72.7 Å². The molecular formula is C9H12N4O2S. The largest absolute Gasteiger partial charge is 0.332 e. The first-order chi connectivity index (χ1) is 7.56. The number of hydrogen-bond donors (Lipinski definition) is 1. The third kappa shape index (κ3) is 1.47. The summed E-state index contributed by atoms with van der Waals surface area (Å²) in [5, 5.41) is 0.663. The van der Waals surface area contributed by atoms with Crippen molar-refractivity contribution in [2.45, 2.75) is 12.1 Å². The number of H-pyrrole nitrogens is 1. The molecule has 0 amide bonds. The fourth-order valence-electron chi connectivity index (χ4n) is 1.51. The second-order valence-corrected chi connectivity index (χ2v) is 4.63. The van der Waals surface area contributed by atoms with E-state index in [1.807, 2.05) is 6.92 Å². The van der Waals surface area contributed by atoms with Crippen LogP contribution in [0.2, 0.25) is 0 Å². The Balaban J connectivity index is 2.87. The highest BCUT2D eigenvalue weighted by Gasteiger charge is 2.12. The summed E-state index contributed by atoms with van der Waals surface area (Å²) in [6.07, 6.45) is 0. The summed E-state index contributed by atoms with van der Waals surface area (Å²) in [5.41, 5.74) is 0.0789. The van der Waals surface area contributed by atoms with Gasteiger partial charge in [-0.2, -0.15) is 0 Å². The van der Waals surface area contributed by atoms with Gasteiger partial charge in [0.05, 0.1) is 0 Å². The van der Waals surface area contributed by atoms with Gasteiger partial charge in [-0.25, -0.2) is 9.78 Å². The lowest BCUT2D eigenvalue weighted by atomic mass is 10.5. The minimum Gasteiger partial charge on any atom is -0.327 e. The van der Waals surface area contributed by atoms with Crippen LogP contribution >= 0.6 is 11.8 Å². The van der Waals surface area contributed by atoms with Gasteiger partial charge in [-0.1, -0.05) is 18.7 Å². The van der Waals surface area contributed by atoms with E-state index in [0.29, 0.717) is 16.3 Å². The lowest BCUT2D eigenvalue weighted by Gasteiger charge is -2.00. The summed E-state index contributed by atoms with van der Waals surface area (Å²) in [6, 6.07) is 0. The van der Waals surface area contributed by atoms with Gasteiger partial charge >= 0.3 is 5.69 Å². The standard InChI is InChI=1S/C9H12N4O2S/c1-4-16-8-10-5-6(11-8)12(2)9(15)13(3)7(5)14/h4H2,1-3H3,(H,10,11). The average Bonchev–Trinajstić information content (AvgIpc) is 2.68. The van der Waals surface area contributed by atoms with Gasteiger partial charge in [-0.15, -0.1) is 0 Å². The lowest BCUT2D eigenvalue weighted by molar-refractivity contribution is 0.708. The molecule has 0 aliphatic rings. The normalized spacial score (nSPS) is 11.2. The molecule has 1 N–H and O–H groups in total. The van der Waals surface area contributed by atoms with Crippen LogP contribution in [0.1, 0.15) is 6.92 Å². The number of hydrogen-bond acceptors (Lipinski definition) is 4. The molecule has 7 heteroatoms. The Morgan fingerprint density at radius 3 is 2.62 bits per heavy atom. The van der Waals surface area contributed by atoms with Gasteiger partial charge in [0.1, 0.15) is 0 Å². The summed E-state index contributed by atoms with van der Waals surface area (Å²) in [4.78, 5) is 30.6. The number of aromatic amines is 1. The molecule has 16 heavy (non-hydrogen) atoms. The van der Waals surface area contributed by atoms with E-state index in [-0.39, 0.29) is 11.2 Å². The van der Waals surface area contributed by atoms with E-state index >= 15 is 0 Å². The zero-order chi connectivity index (χ0) is 11.9. The molecule has 2 aromatic heterocycles. The van der Waals surface area contributed by atoms with E-state index in [1.165, 1.54) is 23.4 Å². The molecule has 2 aromatic rings. The van der Waals surface area contributed by atoms with Crippen molar-refractivity contribution >= 4 is 22.9 Å². The van der Waals surface area contributed by atoms with E-state index < -0.39 is 0 Å². The zero-order valence-corrected chi connectivity index (χ0v) is 10.1. The van der Waals surface area contributed by atoms with Gasteiger partial charge in [0.25, 0.3) is 5.56 Å². The van der Waals surface area contributed by atoms with Crippen LogP contribution in [-0.4, -0.2) is 24.9 Å². The SMILES string of the molecule is CCSc1nc2c([nH]1)c(=O)n(C)c(=O)n2C. The maximum atomic E-state index is 11.8. The number of aromatic nitrogens is 4. The van der Waals surface area contributed by atoms with E-state index in [2.05, 4.69) is 9.97 Å². The highest BCUT2D eigenvalue weighted by molar-refractivity contribution is 7.99. The van der Waals surface area contributed by atoms with E-state index in [4.69, 9.17) is 0 Å². The van der Waals surface area contributed by atoms with Crippen LogP contribution in [-0.2, 0) is 14.1 Å². The van der Waals surface area contributed by atoms with E-state index in [9.17, 15) is 9.59 Å². The average molecular weight is 240 g/mol. The first kappa shape index (κ1) is 11.0. The molecule has 6 nitrogen and oxygen atoms in total. The number of aryl methyl sites for hydroxylation is 1. The van der Waals surface area contributed by atoms with Crippen LogP contribution in [0.4, 0.5) is 0 Å². The molecule has 0 radical (unpaired) electrons. The molecule has 0 saturated carbocycles. The molecule has 0 aliphatic heterocycles. The Bertz CT molecular complexity index is 652. The Hall–Kier alpha value is -1.50. The zero-order valence-electron chi connectivity index (χ0n) is 9.27. The highest BCUT2D eigenvalue weighted by atomic mass is 32.2. The molecule has 0 spiro atoms. The minimum absolute atomic E-state index is 0.339.